The van der Waals surface area contributed by atoms with Gasteiger partial charge in [0.2, 0.25) is 0 Å². The maximum atomic E-state index is 4.46. The molecule has 0 unspecified atom stereocenters. The van der Waals surface area contributed by atoms with E-state index in [1.807, 2.05) is 13.8 Å². The summed E-state index contributed by atoms with van der Waals surface area (Å²) in [7, 11) is 0. The minimum atomic E-state index is 1.02. The fraction of sp³-hybridized carbons (Fsp3) is 0.727. The van der Waals surface area contributed by atoms with E-state index >= 15 is 0 Å². The van der Waals surface area contributed by atoms with Gasteiger partial charge in [-0.05, 0) is 6.92 Å². The number of aromatic nitrogens is 1. The summed E-state index contributed by atoms with van der Waals surface area (Å²) in [4.78, 5) is 6.91. The Balaban J connectivity index is 0.000000531. The van der Waals surface area contributed by atoms with Crippen molar-refractivity contribution in [2.45, 2.75) is 27.3 Å². The lowest BCUT2D eigenvalue weighted by Crippen LogP contribution is -2.42. The van der Waals surface area contributed by atoms with E-state index < -0.39 is 0 Å². The molecule has 1 aliphatic heterocycles. The molecule has 2 rings (SSSR count). The van der Waals surface area contributed by atoms with Crippen LogP contribution in [0.15, 0.2) is 5.38 Å². The Bertz CT molecular complexity index is 267. The van der Waals surface area contributed by atoms with Crippen LogP contribution in [0.1, 0.15) is 24.5 Å². The summed E-state index contributed by atoms with van der Waals surface area (Å²) in [6, 6.07) is 0. The summed E-state index contributed by atoms with van der Waals surface area (Å²) in [6.45, 7) is 11.6. The normalized spacial score (nSPS) is 17.0. The molecule has 2 heterocycles. The zero-order chi connectivity index (χ0) is 11.1. The van der Waals surface area contributed by atoms with E-state index in [0.29, 0.717) is 0 Å². The molecular formula is C11H21N3S. The average molecular weight is 227 g/mol. The highest BCUT2D eigenvalue weighted by Crippen LogP contribution is 2.10. The second-order valence-corrected chi connectivity index (χ2v) is 4.45. The van der Waals surface area contributed by atoms with E-state index in [0.717, 1.165) is 32.7 Å². The van der Waals surface area contributed by atoms with E-state index in [9.17, 15) is 0 Å². The van der Waals surface area contributed by atoms with Crippen LogP contribution in [-0.2, 0) is 6.54 Å². The molecule has 0 saturated carbocycles. The lowest BCUT2D eigenvalue weighted by atomic mass is 10.3. The Labute approximate surface area is 96.5 Å². The summed E-state index contributed by atoms with van der Waals surface area (Å²) < 4.78 is 0. The Kier molecular flexibility index (Phi) is 5.83. The summed E-state index contributed by atoms with van der Waals surface area (Å²) in [6.07, 6.45) is 0. The third-order valence-electron chi connectivity index (χ3n) is 2.26. The molecule has 4 heteroatoms. The van der Waals surface area contributed by atoms with Crippen LogP contribution in [-0.4, -0.2) is 36.1 Å². The zero-order valence-corrected chi connectivity index (χ0v) is 10.7. The second kappa shape index (κ2) is 6.93. The summed E-state index contributed by atoms with van der Waals surface area (Å²) in [5.41, 5.74) is 1.23. The number of nitrogens with one attached hydrogen (secondary N) is 1. The van der Waals surface area contributed by atoms with Crippen molar-refractivity contribution in [3.8, 4) is 0 Å². The minimum absolute atomic E-state index is 1.02. The number of aryl methyl sites for hydroxylation is 1. The van der Waals surface area contributed by atoms with Crippen molar-refractivity contribution in [1.82, 2.24) is 15.2 Å². The van der Waals surface area contributed by atoms with Crippen molar-refractivity contribution in [1.29, 1.82) is 0 Å². The first-order chi connectivity index (χ1) is 7.34. The third-order valence-corrected chi connectivity index (χ3v) is 3.08. The molecule has 0 atom stereocenters. The van der Waals surface area contributed by atoms with Gasteiger partial charge in [-0.2, -0.15) is 0 Å². The van der Waals surface area contributed by atoms with Gasteiger partial charge in [0.05, 0.1) is 10.7 Å². The number of piperazine rings is 1. The maximum Gasteiger partial charge on any atom is 0.0897 e. The average Bonchev–Trinajstić information content (AvgIpc) is 2.68. The molecule has 0 aliphatic carbocycles. The molecule has 3 nitrogen and oxygen atoms in total. The molecule has 0 radical (unpaired) electrons. The van der Waals surface area contributed by atoms with Gasteiger partial charge >= 0.3 is 0 Å². The molecule has 1 saturated heterocycles. The van der Waals surface area contributed by atoms with Crippen LogP contribution in [0.2, 0.25) is 0 Å². The Hall–Kier alpha value is -0.450. The highest BCUT2D eigenvalue weighted by molar-refractivity contribution is 7.09. The number of nitrogens with zero attached hydrogens (tertiary/aromatic N) is 2. The molecule has 1 aromatic heterocycles. The van der Waals surface area contributed by atoms with Crippen LogP contribution < -0.4 is 5.32 Å². The van der Waals surface area contributed by atoms with Crippen molar-refractivity contribution in [2.24, 2.45) is 0 Å². The number of rotatable bonds is 2. The van der Waals surface area contributed by atoms with E-state index in [2.05, 4.69) is 27.5 Å². The van der Waals surface area contributed by atoms with E-state index in [1.165, 1.54) is 10.7 Å². The maximum absolute atomic E-state index is 4.46. The van der Waals surface area contributed by atoms with Gasteiger partial charge in [0, 0.05) is 38.1 Å². The van der Waals surface area contributed by atoms with Crippen LogP contribution in [0.3, 0.4) is 0 Å². The quantitative estimate of drug-likeness (QED) is 0.836. The molecule has 15 heavy (non-hydrogen) atoms. The van der Waals surface area contributed by atoms with Gasteiger partial charge in [-0.3, -0.25) is 4.90 Å². The molecular weight excluding hydrogens is 206 g/mol. The second-order valence-electron chi connectivity index (χ2n) is 3.38. The largest absolute Gasteiger partial charge is 0.314 e. The SMILES string of the molecule is CC.Cc1nc(CN2CCNCC2)cs1. The molecule has 0 aromatic carbocycles. The predicted octanol–water partition coefficient (Wildman–Crippen LogP) is 1.88. The van der Waals surface area contributed by atoms with Crippen molar-refractivity contribution < 1.29 is 0 Å². The Morgan fingerprint density at radius 2 is 2.07 bits per heavy atom. The van der Waals surface area contributed by atoms with Gasteiger partial charge in [0.1, 0.15) is 0 Å². The lowest BCUT2D eigenvalue weighted by Gasteiger charge is -2.26. The monoisotopic (exact) mass is 227 g/mol. The van der Waals surface area contributed by atoms with Crippen molar-refractivity contribution in [2.75, 3.05) is 26.2 Å². The molecule has 1 aliphatic rings. The van der Waals surface area contributed by atoms with E-state index in [4.69, 9.17) is 0 Å². The molecule has 1 N–H and O–H groups in total. The number of hydrogen-bond donors (Lipinski definition) is 1. The smallest absolute Gasteiger partial charge is 0.0897 e. The first-order valence-corrected chi connectivity index (χ1v) is 6.56. The van der Waals surface area contributed by atoms with Crippen molar-refractivity contribution in [3.05, 3.63) is 16.1 Å². The van der Waals surface area contributed by atoms with Crippen LogP contribution in [0, 0.1) is 6.92 Å². The number of thiazole rings is 1. The van der Waals surface area contributed by atoms with Crippen LogP contribution in [0.25, 0.3) is 0 Å². The molecule has 0 amide bonds. The Morgan fingerprint density at radius 3 is 2.60 bits per heavy atom. The minimum Gasteiger partial charge on any atom is -0.314 e. The zero-order valence-electron chi connectivity index (χ0n) is 9.92. The van der Waals surface area contributed by atoms with Crippen LogP contribution in [0.5, 0.6) is 0 Å². The van der Waals surface area contributed by atoms with E-state index in [1.54, 1.807) is 11.3 Å². The number of hydrogen-bond acceptors (Lipinski definition) is 4. The topological polar surface area (TPSA) is 28.2 Å². The van der Waals surface area contributed by atoms with Crippen LogP contribution in [0.4, 0.5) is 0 Å². The van der Waals surface area contributed by atoms with Gasteiger partial charge in [0.15, 0.2) is 0 Å². The first kappa shape index (κ1) is 12.6. The van der Waals surface area contributed by atoms with Crippen LogP contribution >= 0.6 is 11.3 Å². The summed E-state index contributed by atoms with van der Waals surface area (Å²) in [5.74, 6) is 0. The molecule has 0 spiro atoms. The van der Waals surface area contributed by atoms with Gasteiger partial charge in [-0.1, -0.05) is 13.8 Å². The molecule has 0 bridgehead atoms. The standard InChI is InChI=1S/C9H15N3S.C2H6/c1-8-11-9(7-13-8)6-12-4-2-10-3-5-12;1-2/h7,10H,2-6H2,1H3;1-2H3. The Morgan fingerprint density at radius 1 is 1.40 bits per heavy atom. The highest BCUT2D eigenvalue weighted by atomic mass is 32.1. The molecule has 86 valence electrons. The highest BCUT2D eigenvalue weighted by Gasteiger charge is 2.10. The third kappa shape index (κ3) is 4.28. The fourth-order valence-electron chi connectivity index (χ4n) is 1.58. The van der Waals surface area contributed by atoms with Gasteiger partial charge in [-0.25, -0.2) is 4.98 Å². The first-order valence-electron chi connectivity index (χ1n) is 5.69. The molecule has 1 aromatic rings. The van der Waals surface area contributed by atoms with Gasteiger partial charge in [-0.15, -0.1) is 11.3 Å². The van der Waals surface area contributed by atoms with Crippen molar-refractivity contribution in [3.63, 3.8) is 0 Å². The van der Waals surface area contributed by atoms with Gasteiger partial charge < -0.3 is 5.32 Å². The van der Waals surface area contributed by atoms with E-state index in [-0.39, 0.29) is 0 Å². The van der Waals surface area contributed by atoms with Gasteiger partial charge in [0.25, 0.3) is 0 Å². The lowest BCUT2D eigenvalue weighted by molar-refractivity contribution is 0.231. The summed E-state index contributed by atoms with van der Waals surface area (Å²) in [5, 5.41) is 6.68. The fourth-order valence-corrected chi connectivity index (χ4v) is 2.18. The molecule has 1 fully saturated rings. The predicted molar refractivity (Wildman–Crippen MR) is 66.3 cm³/mol. The van der Waals surface area contributed by atoms with Crippen molar-refractivity contribution >= 4 is 11.3 Å². The summed E-state index contributed by atoms with van der Waals surface area (Å²) >= 11 is 1.74.